The lowest BCUT2D eigenvalue weighted by Gasteiger charge is -2.26. The van der Waals surface area contributed by atoms with Gasteiger partial charge in [0.15, 0.2) is 0 Å². The normalized spacial score (nSPS) is 18.1. The molecule has 34 heavy (non-hydrogen) atoms. The summed E-state index contributed by atoms with van der Waals surface area (Å²) in [6, 6.07) is 18.6. The number of allylic oxidation sites excluding steroid dienone is 1. The van der Waals surface area contributed by atoms with Crippen LogP contribution in [0.1, 0.15) is 29.7 Å². The Bertz CT molecular complexity index is 1350. The summed E-state index contributed by atoms with van der Waals surface area (Å²) in [5.41, 5.74) is 5.06. The van der Waals surface area contributed by atoms with Crippen molar-refractivity contribution in [1.29, 1.82) is 0 Å². The molecule has 170 valence electrons. The molecule has 0 fully saturated rings. The summed E-state index contributed by atoms with van der Waals surface area (Å²) >= 11 is 6.53. The van der Waals surface area contributed by atoms with E-state index in [4.69, 9.17) is 21.6 Å². The molecule has 7 nitrogen and oxygen atoms in total. The van der Waals surface area contributed by atoms with Crippen molar-refractivity contribution in [3.63, 3.8) is 0 Å². The maximum absolute atomic E-state index is 13.4. The number of benzene rings is 2. The first-order valence-corrected chi connectivity index (χ1v) is 11.3. The molecule has 2 aromatic carbocycles. The summed E-state index contributed by atoms with van der Waals surface area (Å²) in [7, 11) is 0. The van der Waals surface area contributed by atoms with Crippen molar-refractivity contribution in [3.8, 4) is 0 Å². The third-order valence-corrected chi connectivity index (χ3v) is 6.07. The predicted octanol–water partition coefficient (Wildman–Crippen LogP) is 5.02. The van der Waals surface area contributed by atoms with E-state index in [1.165, 1.54) is 5.56 Å². The Kier molecular flexibility index (Phi) is 5.86. The molecule has 5 rings (SSSR count). The molecule has 2 aliphatic rings. The molecule has 0 radical (unpaired) electrons. The quantitative estimate of drug-likeness (QED) is 0.501. The first kappa shape index (κ1) is 21.9. The van der Waals surface area contributed by atoms with Crippen LogP contribution in [-0.4, -0.2) is 22.7 Å². The summed E-state index contributed by atoms with van der Waals surface area (Å²) in [4.78, 5) is 27.1. The average molecular weight is 471 g/mol. The van der Waals surface area contributed by atoms with Gasteiger partial charge >= 0.3 is 0 Å². The van der Waals surface area contributed by atoms with Gasteiger partial charge in [0, 0.05) is 34.6 Å². The van der Waals surface area contributed by atoms with Crippen LogP contribution in [0.2, 0.25) is 5.02 Å². The monoisotopic (exact) mass is 470 g/mol. The van der Waals surface area contributed by atoms with Gasteiger partial charge in [-0.3, -0.25) is 4.79 Å². The fraction of sp³-hybridized carbons (Fsp3) is 0.154. The van der Waals surface area contributed by atoms with Crippen LogP contribution >= 0.6 is 11.6 Å². The van der Waals surface area contributed by atoms with Crippen LogP contribution in [0.4, 0.5) is 11.5 Å². The van der Waals surface area contributed by atoms with E-state index in [9.17, 15) is 4.79 Å². The topological polar surface area (TPSA) is 90.8 Å². The zero-order chi connectivity index (χ0) is 23.7. The second-order valence-corrected chi connectivity index (χ2v) is 8.64. The third kappa shape index (κ3) is 4.43. The van der Waals surface area contributed by atoms with Gasteiger partial charge in [0.25, 0.3) is 5.91 Å². The van der Waals surface area contributed by atoms with Gasteiger partial charge in [0.1, 0.15) is 17.7 Å². The number of para-hydroxylation sites is 1. The van der Waals surface area contributed by atoms with Crippen molar-refractivity contribution in [2.45, 2.75) is 26.3 Å². The standard InChI is InChI=1S/C26H23ClN6O/c1-15-11-12-28-21(13-15)31-25(34)23-16(2)29-26(33-24(23)18-8-4-5-9-19(18)27)32-22-14-17-7-3-6-10-20(17)30-22/h3-13,24H,14H2,1-2H3,(H,28,31,34)(H2,29,30,32,33). The highest BCUT2D eigenvalue weighted by Gasteiger charge is 2.31. The number of pyridine rings is 1. The molecule has 2 aliphatic heterocycles. The Morgan fingerprint density at radius 3 is 2.68 bits per heavy atom. The fourth-order valence-corrected chi connectivity index (χ4v) is 4.33. The highest BCUT2D eigenvalue weighted by atomic mass is 35.5. The number of rotatable bonds is 3. The van der Waals surface area contributed by atoms with Gasteiger partial charge in [-0.2, -0.15) is 4.99 Å². The number of amidine groups is 1. The van der Waals surface area contributed by atoms with Crippen LogP contribution in [0.5, 0.6) is 0 Å². The lowest BCUT2D eigenvalue weighted by Crippen LogP contribution is -2.33. The van der Waals surface area contributed by atoms with Crippen molar-refractivity contribution in [2.75, 3.05) is 10.6 Å². The van der Waals surface area contributed by atoms with E-state index in [-0.39, 0.29) is 5.91 Å². The number of aliphatic imine (C=N–C) groups is 2. The van der Waals surface area contributed by atoms with E-state index in [2.05, 4.69) is 27.0 Å². The number of anilines is 2. The number of hydrogen-bond donors (Lipinski definition) is 3. The van der Waals surface area contributed by atoms with E-state index in [0.29, 0.717) is 34.5 Å². The molecular weight excluding hydrogens is 448 g/mol. The van der Waals surface area contributed by atoms with Crippen molar-refractivity contribution in [1.82, 2.24) is 10.3 Å². The molecule has 0 aliphatic carbocycles. The Labute approximate surface area is 202 Å². The van der Waals surface area contributed by atoms with E-state index in [1.54, 1.807) is 12.3 Å². The summed E-state index contributed by atoms with van der Waals surface area (Å²) in [5.74, 6) is 1.39. The molecule has 1 unspecified atom stereocenters. The SMILES string of the molecule is CC1=C(C(=O)Nc2cc(C)ccn2)C(c2ccccc2Cl)N=C(/N=C2/Cc3ccccc3N2)N1. The number of aryl methyl sites for hydroxylation is 1. The molecule has 0 spiro atoms. The molecule has 3 aromatic rings. The van der Waals surface area contributed by atoms with E-state index >= 15 is 0 Å². The minimum absolute atomic E-state index is 0.296. The number of nitrogens with zero attached hydrogens (tertiary/aromatic N) is 3. The Hall–Kier alpha value is -3.97. The highest BCUT2D eigenvalue weighted by molar-refractivity contribution is 6.31. The van der Waals surface area contributed by atoms with Crippen molar-refractivity contribution in [3.05, 3.63) is 99.8 Å². The van der Waals surface area contributed by atoms with Gasteiger partial charge in [-0.05, 0) is 49.2 Å². The smallest absolute Gasteiger partial charge is 0.257 e. The number of fused-ring (bicyclic) bond motifs is 1. The first-order valence-electron chi connectivity index (χ1n) is 10.9. The van der Waals surface area contributed by atoms with Gasteiger partial charge in [-0.15, -0.1) is 0 Å². The molecule has 3 heterocycles. The van der Waals surface area contributed by atoms with Crippen LogP contribution in [-0.2, 0) is 11.2 Å². The first-order chi connectivity index (χ1) is 16.5. The lowest BCUT2D eigenvalue weighted by atomic mass is 9.95. The maximum atomic E-state index is 13.4. The van der Waals surface area contributed by atoms with Crippen molar-refractivity contribution >= 4 is 40.8 Å². The van der Waals surface area contributed by atoms with Gasteiger partial charge < -0.3 is 16.0 Å². The number of nitrogens with one attached hydrogen (secondary N) is 3. The molecule has 0 saturated heterocycles. The van der Waals surface area contributed by atoms with Gasteiger partial charge in [-0.1, -0.05) is 48.0 Å². The highest BCUT2D eigenvalue weighted by Crippen LogP contribution is 2.35. The van der Waals surface area contributed by atoms with E-state index in [1.807, 2.05) is 62.4 Å². The van der Waals surface area contributed by atoms with E-state index < -0.39 is 6.04 Å². The Morgan fingerprint density at radius 1 is 1.09 bits per heavy atom. The minimum atomic E-state index is -0.622. The summed E-state index contributed by atoms with van der Waals surface area (Å²) in [6.45, 7) is 3.79. The van der Waals surface area contributed by atoms with Gasteiger partial charge in [0.05, 0.1) is 5.57 Å². The number of carbonyl (C=O) groups excluding carboxylic acids is 1. The van der Waals surface area contributed by atoms with E-state index in [0.717, 1.165) is 22.6 Å². The maximum Gasteiger partial charge on any atom is 0.257 e. The zero-order valence-corrected chi connectivity index (χ0v) is 19.5. The van der Waals surface area contributed by atoms with Crippen molar-refractivity contribution < 1.29 is 4.79 Å². The van der Waals surface area contributed by atoms with Crippen LogP contribution in [0, 0.1) is 6.92 Å². The van der Waals surface area contributed by atoms with Crippen LogP contribution in [0.3, 0.4) is 0 Å². The summed E-state index contributed by atoms with van der Waals surface area (Å²) in [6.07, 6.45) is 2.35. The number of carbonyl (C=O) groups is 1. The summed E-state index contributed by atoms with van der Waals surface area (Å²) in [5, 5.41) is 9.95. The number of aromatic nitrogens is 1. The number of amides is 1. The predicted molar refractivity (Wildman–Crippen MR) is 136 cm³/mol. The number of hydrogen-bond acceptors (Lipinski definition) is 5. The number of halogens is 1. The second kappa shape index (κ2) is 9.11. The lowest BCUT2D eigenvalue weighted by molar-refractivity contribution is -0.113. The molecule has 3 N–H and O–H groups in total. The Morgan fingerprint density at radius 2 is 1.88 bits per heavy atom. The Balaban J connectivity index is 1.49. The molecule has 1 aromatic heterocycles. The number of guanidine groups is 1. The molecule has 1 amide bonds. The second-order valence-electron chi connectivity index (χ2n) is 8.23. The van der Waals surface area contributed by atoms with Gasteiger partial charge in [0.2, 0.25) is 5.96 Å². The molecular formula is C26H23ClN6O. The van der Waals surface area contributed by atoms with Crippen molar-refractivity contribution in [2.24, 2.45) is 9.98 Å². The average Bonchev–Trinajstić information content (AvgIpc) is 3.21. The zero-order valence-electron chi connectivity index (χ0n) is 18.8. The summed E-state index contributed by atoms with van der Waals surface area (Å²) < 4.78 is 0. The molecule has 8 heteroatoms. The van der Waals surface area contributed by atoms with Crippen LogP contribution in [0.15, 0.2) is 88.1 Å². The van der Waals surface area contributed by atoms with Crippen LogP contribution in [0.25, 0.3) is 0 Å². The van der Waals surface area contributed by atoms with Gasteiger partial charge in [-0.25, -0.2) is 9.98 Å². The molecule has 1 atom stereocenters. The molecule has 0 bridgehead atoms. The molecule has 0 saturated carbocycles. The fourth-order valence-electron chi connectivity index (χ4n) is 4.09. The van der Waals surface area contributed by atoms with Crippen LogP contribution < -0.4 is 16.0 Å². The third-order valence-electron chi connectivity index (χ3n) is 5.72. The largest absolute Gasteiger partial charge is 0.343 e. The minimum Gasteiger partial charge on any atom is -0.343 e.